The minimum Gasteiger partial charge on any atom is -0.545 e. The minimum atomic E-state index is -1.31. The Morgan fingerprint density at radius 2 is 1.65 bits per heavy atom. The molecule has 0 saturated heterocycles. The monoisotopic (exact) mass is 412 g/mol. The van der Waals surface area contributed by atoms with Crippen LogP contribution in [0.15, 0.2) is 78.9 Å². The molecule has 1 atom stereocenters. The van der Waals surface area contributed by atoms with E-state index in [-0.39, 0.29) is 17.2 Å². The number of carbonyl (C=O) groups excluding carboxylic acids is 2. The fourth-order valence-corrected chi connectivity index (χ4v) is 3.98. The second-order valence-electron chi connectivity index (χ2n) is 7.16. The molecular weight excluding hydrogens is 397 g/mol. The van der Waals surface area contributed by atoms with Gasteiger partial charge in [0.1, 0.15) is 11.5 Å². The molecule has 1 N–H and O–H groups in total. The van der Waals surface area contributed by atoms with Gasteiger partial charge in [-0.3, -0.25) is 14.8 Å². The second kappa shape index (κ2) is 7.21. The van der Waals surface area contributed by atoms with E-state index in [2.05, 4.69) is 10.2 Å². The molecule has 1 amide bonds. The average Bonchev–Trinajstić information content (AvgIpc) is 3.34. The van der Waals surface area contributed by atoms with Crippen LogP contribution in [-0.2, 0) is 0 Å². The van der Waals surface area contributed by atoms with E-state index in [1.54, 1.807) is 18.2 Å². The highest BCUT2D eigenvalue weighted by atomic mass is 19.1. The molecule has 7 heteroatoms. The van der Waals surface area contributed by atoms with E-state index in [0.717, 1.165) is 5.56 Å². The van der Waals surface area contributed by atoms with E-state index in [1.807, 2.05) is 30.3 Å². The summed E-state index contributed by atoms with van der Waals surface area (Å²) in [5, 5.41) is 18.3. The number of anilines is 1. The first kappa shape index (κ1) is 18.7. The van der Waals surface area contributed by atoms with Crippen LogP contribution < -0.4 is 10.0 Å². The first-order chi connectivity index (χ1) is 15.1. The van der Waals surface area contributed by atoms with Crippen molar-refractivity contribution in [3.8, 4) is 11.3 Å². The first-order valence-electron chi connectivity index (χ1n) is 9.59. The molecule has 0 spiro atoms. The van der Waals surface area contributed by atoms with Crippen LogP contribution in [0.1, 0.15) is 38.0 Å². The second-order valence-corrected chi connectivity index (χ2v) is 7.16. The molecule has 5 rings (SSSR count). The summed E-state index contributed by atoms with van der Waals surface area (Å²) in [4.78, 5) is 25.9. The number of rotatable bonds is 4. The maximum absolute atomic E-state index is 14.9. The predicted molar refractivity (Wildman–Crippen MR) is 110 cm³/mol. The van der Waals surface area contributed by atoms with Crippen LogP contribution in [0.3, 0.4) is 0 Å². The third-order valence-electron chi connectivity index (χ3n) is 5.40. The fraction of sp³-hybridized carbons (Fsp3) is 0.0417. The van der Waals surface area contributed by atoms with Crippen molar-refractivity contribution in [2.75, 3.05) is 4.90 Å². The Bertz CT molecular complexity index is 1300. The van der Waals surface area contributed by atoms with E-state index in [9.17, 15) is 19.1 Å². The van der Waals surface area contributed by atoms with Gasteiger partial charge in [0.25, 0.3) is 5.91 Å². The molecule has 0 radical (unpaired) electrons. The van der Waals surface area contributed by atoms with Gasteiger partial charge in [-0.1, -0.05) is 60.7 Å². The summed E-state index contributed by atoms with van der Waals surface area (Å²) in [7, 11) is 0. The number of nitrogens with one attached hydrogen (secondary N) is 1. The van der Waals surface area contributed by atoms with E-state index >= 15 is 0 Å². The SMILES string of the molecule is O=C([O-])c1ccc(N2C(=O)c3[nH]nc(-c4ccccc4)c3[C@@H]2c2ccccc2F)cc1. The molecule has 31 heavy (non-hydrogen) atoms. The normalized spacial score (nSPS) is 15.2. The van der Waals surface area contributed by atoms with Crippen LogP contribution >= 0.6 is 0 Å². The maximum Gasteiger partial charge on any atom is 0.277 e. The van der Waals surface area contributed by atoms with Crippen molar-refractivity contribution in [3.63, 3.8) is 0 Å². The van der Waals surface area contributed by atoms with Gasteiger partial charge in [-0.15, -0.1) is 0 Å². The number of aromatic amines is 1. The molecule has 6 nitrogen and oxygen atoms in total. The smallest absolute Gasteiger partial charge is 0.277 e. The molecule has 0 fully saturated rings. The van der Waals surface area contributed by atoms with Crippen LogP contribution in [0.4, 0.5) is 10.1 Å². The van der Waals surface area contributed by atoms with Gasteiger partial charge < -0.3 is 9.90 Å². The Labute approximate surface area is 176 Å². The van der Waals surface area contributed by atoms with Crippen LogP contribution in [-0.4, -0.2) is 22.1 Å². The summed E-state index contributed by atoms with van der Waals surface area (Å²) in [6.07, 6.45) is 0. The van der Waals surface area contributed by atoms with Gasteiger partial charge in [-0.25, -0.2) is 4.39 Å². The van der Waals surface area contributed by atoms with E-state index in [0.29, 0.717) is 22.5 Å². The van der Waals surface area contributed by atoms with E-state index in [4.69, 9.17) is 0 Å². The number of hydrogen-bond donors (Lipinski definition) is 1. The Morgan fingerprint density at radius 3 is 2.32 bits per heavy atom. The molecule has 1 aromatic heterocycles. The number of benzene rings is 3. The number of nitrogens with zero attached hydrogens (tertiary/aromatic N) is 2. The molecule has 0 saturated carbocycles. The van der Waals surface area contributed by atoms with Gasteiger partial charge in [-0.2, -0.15) is 5.10 Å². The lowest BCUT2D eigenvalue weighted by molar-refractivity contribution is -0.255. The zero-order valence-electron chi connectivity index (χ0n) is 16.1. The van der Waals surface area contributed by atoms with Crippen molar-refractivity contribution in [2.45, 2.75) is 6.04 Å². The lowest BCUT2D eigenvalue weighted by Gasteiger charge is -2.27. The van der Waals surface area contributed by atoms with Crippen molar-refractivity contribution < 1.29 is 19.1 Å². The zero-order chi connectivity index (χ0) is 21.5. The van der Waals surface area contributed by atoms with Gasteiger partial charge in [-0.05, 0) is 23.8 Å². The summed E-state index contributed by atoms with van der Waals surface area (Å²) >= 11 is 0. The minimum absolute atomic E-state index is 0.0111. The molecule has 152 valence electrons. The number of carboxylic acid groups (broad SMARTS) is 1. The molecule has 0 aliphatic carbocycles. The lowest BCUT2D eigenvalue weighted by Crippen LogP contribution is -2.30. The van der Waals surface area contributed by atoms with Gasteiger partial charge in [0.15, 0.2) is 0 Å². The number of amides is 1. The fourth-order valence-electron chi connectivity index (χ4n) is 3.98. The number of aromatic nitrogens is 2. The molecule has 2 heterocycles. The van der Waals surface area contributed by atoms with Crippen molar-refractivity contribution >= 4 is 17.6 Å². The largest absolute Gasteiger partial charge is 0.545 e. The molecule has 3 aromatic carbocycles. The van der Waals surface area contributed by atoms with E-state index in [1.165, 1.54) is 35.2 Å². The number of aromatic carboxylic acids is 1. The standard InChI is InChI=1S/C24H16FN3O3/c25-18-9-5-4-8-17(18)22-19-20(14-6-2-1-3-7-14)26-27-21(19)23(29)28(22)16-12-10-15(11-13-16)24(30)31/h1-13,22H,(H,26,27)(H,30,31)/p-1/t22-/m0/s1. The first-order valence-corrected chi connectivity index (χ1v) is 9.59. The molecule has 1 aliphatic rings. The van der Waals surface area contributed by atoms with Crippen LogP contribution in [0.2, 0.25) is 0 Å². The number of hydrogen-bond acceptors (Lipinski definition) is 4. The maximum atomic E-state index is 14.9. The Kier molecular flexibility index (Phi) is 4.36. The Morgan fingerprint density at radius 1 is 0.968 bits per heavy atom. The van der Waals surface area contributed by atoms with Gasteiger partial charge in [0, 0.05) is 22.4 Å². The van der Waals surface area contributed by atoms with Crippen LogP contribution in [0.5, 0.6) is 0 Å². The summed E-state index contributed by atoms with van der Waals surface area (Å²) in [6.45, 7) is 0. The molecule has 1 aliphatic heterocycles. The topological polar surface area (TPSA) is 89.1 Å². The highest BCUT2D eigenvalue weighted by molar-refractivity contribution is 6.11. The quantitative estimate of drug-likeness (QED) is 0.557. The average molecular weight is 412 g/mol. The van der Waals surface area contributed by atoms with Crippen molar-refractivity contribution in [3.05, 3.63) is 107 Å². The third-order valence-corrected chi connectivity index (χ3v) is 5.40. The number of carbonyl (C=O) groups is 2. The van der Waals surface area contributed by atoms with Crippen LogP contribution in [0, 0.1) is 5.82 Å². The summed E-state index contributed by atoms with van der Waals surface area (Å²) in [6, 6.07) is 20.6. The lowest BCUT2D eigenvalue weighted by atomic mass is 9.95. The summed E-state index contributed by atoms with van der Waals surface area (Å²) in [5.74, 6) is -2.14. The summed E-state index contributed by atoms with van der Waals surface area (Å²) in [5.41, 5.74) is 2.95. The predicted octanol–water partition coefficient (Wildman–Crippen LogP) is 3.33. The van der Waals surface area contributed by atoms with Crippen LogP contribution in [0.25, 0.3) is 11.3 Å². The Hall–Kier alpha value is -4.26. The van der Waals surface area contributed by atoms with Gasteiger partial charge >= 0.3 is 0 Å². The number of fused-ring (bicyclic) bond motifs is 1. The highest BCUT2D eigenvalue weighted by Crippen LogP contribution is 2.45. The molecular formula is C24H15FN3O3-. The van der Waals surface area contributed by atoms with Gasteiger partial charge in [0.05, 0.1) is 17.7 Å². The van der Waals surface area contributed by atoms with Crippen molar-refractivity contribution in [1.29, 1.82) is 0 Å². The van der Waals surface area contributed by atoms with Crippen molar-refractivity contribution in [2.24, 2.45) is 0 Å². The van der Waals surface area contributed by atoms with E-state index < -0.39 is 17.8 Å². The number of H-pyrrole nitrogens is 1. The Balaban J connectivity index is 1.72. The molecule has 4 aromatic rings. The number of halogens is 1. The summed E-state index contributed by atoms with van der Waals surface area (Å²) < 4.78 is 14.9. The third kappa shape index (κ3) is 2.98. The van der Waals surface area contributed by atoms with Crippen molar-refractivity contribution in [1.82, 2.24) is 10.2 Å². The number of carboxylic acids is 1. The van der Waals surface area contributed by atoms with Gasteiger partial charge in [0.2, 0.25) is 0 Å². The highest BCUT2D eigenvalue weighted by Gasteiger charge is 2.44. The zero-order valence-corrected chi connectivity index (χ0v) is 16.1. The molecule has 0 unspecified atom stereocenters. The molecule has 0 bridgehead atoms.